The van der Waals surface area contributed by atoms with Crippen molar-refractivity contribution in [2.75, 3.05) is 19.1 Å². The molecule has 0 fully saturated rings. The summed E-state index contributed by atoms with van der Waals surface area (Å²) in [5.74, 6) is 0.312. The maximum atomic E-state index is 11.3. The lowest BCUT2D eigenvalue weighted by atomic mass is 10.2. The molecule has 0 radical (unpaired) electrons. The lowest BCUT2D eigenvalue weighted by Crippen LogP contribution is -2.27. The van der Waals surface area contributed by atoms with Crippen LogP contribution in [-0.2, 0) is 11.3 Å². The topological polar surface area (TPSA) is 20.3 Å². The molecule has 1 aromatic carbocycles. The smallest absolute Gasteiger partial charge is 0.232 e. The molecule has 0 N–H and O–H groups in total. The van der Waals surface area contributed by atoms with E-state index in [9.17, 15) is 4.79 Å². The Morgan fingerprint density at radius 2 is 2.00 bits per heavy atom. The van der Waals surface area contributed by atoms with Crippen molar-refractivity contribution in [3.63, 3.8) is 0 Å². The summed E-state index contributed by atoms with van der Waals surface area (Å²) in [5, 5.41) is 0. The van der Waals surface area contributed by atoms with Crippen LogP contribution in [0, 0.1) is 0 Å². The van der Waals surface area contributed by atoms with E-state index in [0.717, 1.165) is 5.56 Å². The van der Waals surface area contributed by atoms with Crippen LogP contribution in [0.25, 0.3) is 0 Å². The van der Waals surface area contributed by atoms with Crippen LogP contribution in [0.2, 0.25) is 0 Å². The number of hydrogen-bond acceptors (Lipinski definition) is 3. The Balaban J connectivity index is 2.60. The van der Waals surface area contributed by atoms with Gasteiger partial charge in [-0.3, -0.25) is 4.79 Å². The molecule has 15 heavy (non-hydrogen) atoms. The highest BCUT2D eigenvalue weighted by atomic mass is 32.2. The molecule has 0 aliphatic rings. The molecule has 1 rings (SSSR count). The summed E-state index contributed by atoms with van der Waals surface area (Å²) in [6, 6.07) is 8.24. The van der Waals surface area contributed by atoms with E-state index >= 15 is 0 Å². The van der Waals surface area contributed by atoms with E-state index in [4.69, 9.17) is 0 Å². The van der Waals surface area contributed by atoms with Crippen LogP contribution in [-0.4, -0.2) is 29.9 Å². The minimum atomic E-state index is 0.0484. The highest BCUT2D eigenvalue weighted by molar-refractivity contribution is 7.98. The second-order valence-corrected chi connectivity index (χ2v) is 4.45. The molecule has 0 unspecified atom stereocenters. The van der Waals surface area contributed by atoms with Crippen LogP contribution in [0.3, 0.4) is 0 Å². The number of benzene rings is 1. The molecule has 82 valence electrons. The van der Waals surface area contributed by atoms with Crippen molar-refractivity contribution >= 4 is 30.3 Å². The Bertz CT molecular complexity index is 324. The Hall–Kier alpha value is -0.610. The number of carbonyl (C=O) groups excluding carboxylic acids is 1. The standard InChI is InChI=1S/C11H15NOS2/c1-12(11(13)8-14)7-9-3-5-10(15-2)6-4-9/h3-6,14H,7-8H2,1-2H3. The van der Waals surface area contributed by atoms with Gasteiger partial charge in [-0.1, -0.05) is 12.1 Å². The van der Waals surface area contributed by atoms with E-state index in [1.54, 1.807) is 23.7 Å². The first-order valence-electron chi connectivity index (χ1n) is 4.65. The lowest BCUT2D eigenvalue weighted by molar-refractivity contribution is -0.127. The zero-order valence-electron chi connectivity index (χ0n) is 8.93. The predicted molar refractivity (Wildman–Crippen MR) is 68.6 cm³/mol. The van der Waals surface area contributed by atoms with E-state index in [1.807, 2.05) is 18.4 Å². The maximum Gasteiger partial charge on any atom is 0.232 e. The first-order chi connectivity index (χ1) is 7.17. The molecule has 0 heterocycles. The summed E-state index contributed by atoms with van der Waals surface area (Å²) in [7, 11) is 1.79. The first kappa shape index (κ1) is 12.5. The van der Waals surface area contributed by atoms with Gasteiger partial charge in [0.2, 0.25) is 5.91 Å². The molecule has 0 saturated heterocycles. The molecule has 0 aliphatic heterocycles. The average Bonchev–Trinajstić information content (AvgIpc) is 2.29. The Labute approximate surface area is 100 Å². The van der Waals surface area contributed by atoms with E-state index < -0.39 is 0 Å². The molecule has 1 amide bonds. The maximum absolute atomic E-state index is 11.3. The quantitative estimate of drug-likeness (QED) is 0.645. The predicted octanol–water partition coefficient (Wildman–Crippen LogP) is 2.30. The summed E-state index contributed by atoms with van der Waals surface area (Å²) < 4.78 is 0. The van der Waals surface area contributed by atoms with Crippen LogP contribution < -0.4 is 0 Å². The van der Waals surface area contributed by atoms with Gasteiger partial charge in [0.15, 0.2) is 0 Å². The fraction of sp³-hybridized carbons (Fsp3) is 0.364. The van der Waals surface area contributed by atoms with Crippen LogP contribution >= 0.6 is 24.4 Å². The summed E-state index contributed by atoms with van der Waals surface area (Å²) in [6.45, 7) is 0.647. The Morgan fingerprint density at radius 3 is 2.47 bits per heavy atom. The van der Waals surface area contributed by atoms with Crippen molar-refractivity contribution in [1.82, 2.24) is 4.90 Å². The number of nitrogens with zero attached hydrogens (tertiary/aromatic N) is 1. The SMILES string of the molecule is CSc1ccc(CN(C)C(=O)CS)cc1. The third-order valence-corrected chi connectivity index (χ3v) is 3.15. The van der Waals surface area contributed by atoms with Crippen molar-refractivity contribution in [1.29, 1.82) is 0 Å². The van der Waals surface area contributed by atoms with E-state index in [0.29, 0.717) is 6.54 Å². The molecule has 0 atom stereocenters. The highest BCUT2D eigenvalue weighted by Gasteiger charge is 2.06. The summed E-state index contributed by atoms with van der Waals surface area (Å²) in [4.78, 5) is 14.2. The molecule has 0 aromatic heterocycles. The van der Waals surface area contributed by atoms with E-state index in [-0.39, 0.29) is 11.7 Å². The number of thiol groups is 1. The van der Waals surface area contributed by atoms with Gasteiger partial charge in [0.05, 0.1) is 5.75 Å². The van der Waals surface area contributed by atoms with Gasteiger partial charge in [-0.25, -0.2) is 0 Å². The van der Waals surface area contributed by atoms with Crippen LogP contribution in [0.5, 0.6) is 0 Å². The summed E-state index contributed by atoms with van der Waals surface area (Å²) in [6.07, 6.45) is 2.05. The number of carbonyl (C=O) groups is 1. The largest absolute Gasteiger partial charge is 0.341 e. The Kier molecular flexibility index (Phi) is 5.05. The zero-order chi connectivity index (χ0) is 11.3. The molecule has 4 heteroatoms. The summed E-state index contributed by atoms with van der Waals surface area (Å²) in [5.41, 5.74) is 1.14. The van der Waals surface area contributed by atoms with Gasteiger partial charge in [0, 0.05) is 18.5 Å². The fourth-order valence-electron chi connectivity index (χ4n) is 1.21. The van der Waals surface area contributed by atoms with E-state index in [1.165, 1.54) is 4.90 Å². The minimum absolute atomic E-state index is 0.0484. The number of hydrogen-bond donors (Lipinski definition) is 1. The van der Waals surface area contributed by atoms with Crippen LogP contribution in [0.15, 0.2) is 29.2 Å². The van der Waals surface area contributed by atoms with Gasteiger partial charge < -0.3 is 4.90 Å². The molecular formula is C11H15NOS2. The normalized spacial score (nSPS) is 10.1. The van der Waals surface area contributed by atoms with Crippen LogP contribution in [0.1, 0.15) is 5.56 Å². The van der Waals surface area contributed by atoms with Gasteiger partial charge in [0.25, 0.3) is 0 Å². The van der Waals surface area contributed by atoms with Crippen molar-refractivity contribution < 1.29 is 4.79 Å². The van der Waals surface area contributed by atoms with Gasteiger partial charge >= 0.3 is 0 Å². The molecular weight excluding hydrogens is 226 g/mol. The Morgan fingerprint density at radius 1 is 1.40 bits per heavy atom. The minimum Gasteiger partial charge on any atom is -0.341 e. The first-order valence-corrected chi connectivity index (χ1v) is 6.51. The molecule has 0 spiro atoms. The molecule has 0 saturated carbocycles. The third kappa shape index (κ3) is 3.80. The summed E-state index contributed by atoms with van der Waals surface area (Å²) >= 11 is 5.67. The molecule has 0 bridgehead atoms. The van der Waals surface area contributed by atoms with E-state index in [2.05, 4.69) is 24.8 Å². The second kappa shape index (κ2) is 6.08. The van der Waals surface area contributed by atoms with Crippen LogP contribution in [0.4, 0.5) is 0 Å². The fourth-order valence-corrected chi connectivity index (χ4v) is 1.86. The molecule has 1 aromatic rings. The molecule has 2 nitrogen and oxygen atoms in total. The van der Waals surface area contributed by atoms with Gasteiger partial charge in [0.1, 0.15) is 0 Å². The number of thioether (sulfide) groups is 1. The number of rotatable bonds is 4. The van der Waals surface area contributed by atoms with Crippen molar-refractivity contribution in [2.24, 2.45) is 0 Å². The zero-order valence-corrected chi connectivity index (χ0v) is 10.6. The average molecular weight is 241 g/mol. The third-order valence-electron chi connectivity index (χ3n) is 2.14. The van der Waals surface area contributed by atoms with Crippen molar-refractivity contribution in [3.8, 4) is 0 Å². The van der Waals surface area contributed by atoms with Gasteiger partial charge in [-0.15, -0.1) is 11.8 Å². The van der Waals surface area contributed by atoms with Gasteiger partial charge in [-0.05, 0) is 24.0 Å². The monoisotopic (exact) mass is 241 g/mol. The number of amides is 1. The lowest BCUT2D eigenvalue weighted by Gasteiger charge is -2.16. The van der Waals surface area contributed by atoms with Crippen molar-refractivity contribution in [3.05, 3.63) is 29.8 Å². The van der Waals surface area contributed by atoms with Crippen molar-refractivity contribution in [2.45, 2.75) is 11.4 Å². The highest BCUT2D eigenvalue weighted by Crippen LogP contribution is 2.15. The second-order valence-electron chi connectivity index (χ2n) is 3.26. The van der Waals surface area contributed by atoms with Gasteiger partial charge in [-0.2, -0.15) is 12.6 Å². The molecule has 0 aliphatic carbocycles.